The van der Waals surface area contributed by atoms with Crippen molar-refractivity contribution in [1.29, 1.82) is 5.26 Å². The van der Waals surface area contributed by atoms with Crippen LogP contribution < -0.4 is 18.9 Å². The number of rotatable bonds is 9. The molecular weight excluding hydrogens is 440 g/mol. The summed E-state index contributed by atoms with van der Waals surface area (Å²) < 4.78 is 22.8. The second-order valence-corrected chi connectivity index (χ2v) is 9.19. The zero-order chi connectivity index (χ0) is 24.8. The van der Waals surface area contributed by atoms with E-state index < -0.39 is 0 Å². The van der Waals surface area contributed by atoms with Gasteiger partial charge in [-0.25, -0.2) is 0 Å². The molecule has 2 atom stereocenters. The van der Waals surface area contributed by atoms with E-state index in [1.165, 1.54) is 6.42 Å². The molecule has 0 N–H and O–H groups in total. The molecule has 2 aliphatic heterocycles. The van der Waals surface area contributed by atoms with Crippen molar-refractivity contribution in [3.05, 3.63) is 53.2 Å². The van der Waals surface area contributed by atoms with Crippen LogP contribution in [0.15, 0.2) is 42.1 Å². The molecule has 186 valence electrons. The number of unbranched alkanes of at least 4 members (excludes halogenated alkanes) is 1. The van der Waals surface area contributed by atoms with Crippen LogP contribution in [0.5, 0.6) is 23.0 Å². The molecule has 0 bridgehead atoms. The maximum atomic E-state index is 10.4. The van der Waals surface area contributed by atoms with Gasteiger partial charge in [-0.2, -0.15) is 5.26 Å². The quantitative estimate of drug-likeness (QED) is 0.404. The number of piperidine rings is 1. The van der Waals surface area contributed by atoms with Crippen molar-refractivity contribution >= 4 is 5.57 Å². The van der Waals surface area contributed by atoms with E-state index in [2.05, 4.69) is 36.1 Å². The molecule has 0 unspecified atom stereocenters. The van der Waals surface area contributed by atoms with Crippen LogP contribution in [0.4, 0.5) is 0 Å². The lowest BCUT2D eigenvalue weighted by atomic mass is 9.76. The highest BCUT2D eigenvalue weighted by Gasteiger charge is 2.38. The molecule has 0 aromatic heterocycles. The van der Waals surface area contributed by atoms with Crippen molar-refractivity contribution < 1.29 is 18.9 Å². The van der Waals surface area contributed by atoms with Crippen LogP contribution in [-0.2, 0) is 0 Å². The summed E-state index contributed by atoms with van der Waals surface area (Å²) in [5.41, 5.74) is 3.93. The highest BCUT2D eigenvalue weighted by molar-refractivity contribution is 5.79. The summed E-state index contributed by atoms with van der Waals surface area (Å²) in [4.78, 5) is 2.33. The molecule has 4 rings (SSSR count). The number of ether oxygens (including phenoxy) is 4. The molecule has 1 fully saturated rings. The Labute approximate surface area is 209 Å². The normalized spacial score (nSPS) is 19.6. The highest BCUT2D eigenvalue weighted by atomic mass is 16.5. The van der Waals surface area contributed by atoms with Crippen LogP contribution in [0.3, 0.4) is 0 Å². The summed E-state index contributed by atoms with van der Waals surface area (Å²) in [5.74, 6) is 2.88. The zero-order valence-electron chi connectivity index (χ0n) is 21.3. The number of allylic oxidation sites excluding steroid dienone is 2. The summed E-state index contributed by atoms with van der Waals surface area (Å²) in [6.45, 7) is 3.70. The molecule has 2 aromatic carbocycles. The van der Waals surface area contributed by atoms with E-state index in [0.29, 0.717) is 29.9 Å². The average molecular weight is 477 g/mol. The van der Waals surface area contributed by atoms with E-state index in [1.807, 2.05) is 18.2 Å². The fourth-order valence-electron chi connectivity index (χ4n) is 5.37. The van der Waals surface area contributed by atoms with Crippen molar-refractivity contribution in [2.45, 2.75) is 57.4 Å². The van der Waals surface area contributed by atoms with Crippen LogP contribution in [-0.4, -0.2) is 45.4 Å². The second kappa shape index (κ2) is 11.4. The third kappa shape index (κ3) is 5.05. The molecular formula is C29H36N2O4. The first kappa shape index (κ1) is 24.8. The first-order valence-corrected chi connectivity index (χ1v) is 12.6. The van der Waals surface area contributed by atoms with Gasteiger partial charge in [0.05, 0.1) is 27.9 Å². The second-order valence-electron chi connectivity index (χ2n) is 9.19. The molecule has 0 radical (unpaired) electrons. The van der Waals surface area contributed by atoms with E-state index >= 15 is 0 Å². The van der Waals surface area contributed by atoms with Crippen molar-refractivity contribution in [2.24, 2.45) is 0 Å². The van der Waals surface area contributed by atoms with Gasteiger partial charge in [-0.15, -0.1) is 0 Å². The van der Waals surface area contributed by atoms with E-state index in [0.717, 1.165) is 66.8 Å². The number of hydrogen-bond acceptors (Lipinski definition) is 6. The molecule has 0 spiro atoms. The Morgan fingerprint density at radius 3 is 2.40 bits per heavy atom. The van der Waals surface area contributed by atoms with Crippen LogP contribution in [0.25, 0.3) is 5.57 Å². The SMILES string of the molecule is CCCCOc1cc(C2=C(C#N)N3CCCC[C@H]3C[C@@H]2c2ccc(OC)c(OC)c2)ccc1OC. The number of hydrogen-bond donors (Lipinski definition) is 0. The first-order valence-electron chi connectivity index (χ1n) is 12.6. The van der Waals surface area contributed by atoms with Gasteiger partial charge in [0.15, 0.2) is 23.0 Å². The molecule has 35 heavy (non-hydrogen) atoms. The Balaban J connectivity index is 1.85. The molecule has 0 aliphatic carbocycles. The van der Waals surface area contributed by atoms with Crippen LogP contribution in [0.2, 0.25) is 0 Å². The summed E-state index contributed by atoms with van der Waals surface area (Å²) in [6.07, 6.45) is 6.41. The highest BCUT2D eigenvalue weighted by Crippen LogP contribution is 2.48. The Morgan fingerprint density at radius 1 is 0.943 bits per heavy atom. The molecule has 6 heteroatoms. The van der Waals surface area contributed by atoms with Crippen molar-refractivity contribution in [3.63, 3.8) is 0 Å². The van der Waals surface area contributed by atoms with Gasteiger partial charge in [-0.1, -0.05) is 25.5 Å². The standard InChI is InChI=1S/C29H36N2O4/c1-5-6-15-35-28-17-21(11-13-26(28)33-3)29-23(20-10-12-25(32-2)27(16-20)34-4)18-22-9-7-8-14-31(22)24(29)19-30/h10-13,16-17,22-23H,5-9,14-15,18H2,1-4H3/t22-,23+/m0/s1. The number of nitriles is 1. The molecule has 6 nitrogen and oxygen atoms in total. The van der Waals surface area contributed by atoms with Gasteiger partial charge in [-0.3, -0.25) is 0 Å². The van der Waals surface area contributed by atoms with Crippen LogP contribution >= 0.6 is 0 Å². The first-order chi connectivity index (χ1) is 17.1. The Hall–Kier alpha value is -3.33. The van der Waals surface area contributed by atoms with E-state index in [-0.39, 0.29) is 5.92 Å². The lowest BCUT2D eigenvalue weighted by Crippen LogP contribution is -2.43. The van der Waals surface area contributed by atoms with Gasteiger partial charge < -0.3 is 23.8 Å². The maximum Gasteiger partial charge on any atom is 0.161 e. The molecule has 2 aliphatic rings. The van der Waals surface area contributed by atoms with Crippen LogP contribution in [0.1, 0.15) is 62.5 Å². The largest absolute Gasteiger partial charge is 0.493 e. The van der Waals surface area contributed by atoms with Crippen molar-refractivity contribution in [2.75, 3.05) is 34.5 Å². The fourth-order valence-corrected chi connectivity index (χ4v) is 5.37. The third-order valence-electron chi connectivity index (χ3n) is 7.17. The minimum Gasteiger partial charge on any atom is -0.493 e. The minimum absolute atomic E-state index is 0.0562. The number of methoxy groups -OCH3 is 3. The maximum absolute atomic E-state index is 10.4. The van der Waals surface area contributed by atoms with E-state index in [4.69, 9.17) is 18.9 Å². The lowest BCUT2D eigenvalue weighted by molar-refractivity contribution is 0.177. The fraction of sp³-hybridized carbons (Fsp3) is 0.483. The van der Waals surface area contributed by atoms with Crippen molar-refractivity contribution in [1.82, 2.24) is 4.90 Å². The number of nitrogens with zero attached hydrogens (tertiary/aromatic N) is 2. The van der Waals surface area contributed by atoms with E-state index in [9.17, 15) is 5.26 Å². The molecule has 2 aromatic rings. The van der Waals surface area contributed by atoms with Gasteiger partial charge in [-0.05, 0) is 67.5 Å². The summed E-state index contributed by atoms with van der Waals surface area (Å²) >= 11 is 0. The smallest absolute Gasteiger partial charge is 0.161 e. The molecule has 1 saturated heterocycles. The topological polar surface area (TPSA) is 64.0 Å². The zero-order valence-corrected chi connectivity index (χ0v) is 21.3. The van der Waals surface area contributed by atoms with Gasteiger partial charge in [0.25, 0.3) is 0 Å². The lowest BCUT2D eigenvalue weighted by Gasteiger charge is -2.44. The van der Waals surface area contributed by atoms with E-state index in [1.54, 1.807) is 21.3 Å². The van der Waals surface area contributed by atoms with Crippen LogP contribution in [0, 0.1) is 11.3 Å². The summed E-state index contributed by atoms with van der Waals surface area (Å²) in [7, 11) is 4.97. The molecule has 0 amide bonds. The predicted molar refractivity (Wildman–Crippen MR) is 137 cm³/mol. The predicted octanol–water partition coefficient (Wildman–Crippen LogP) is 6.17. The minimum atomic E-state index is 0.0562. The Bertz CT molecular complexity index is 1100. The van der Waals surface area contributed by atoms with Gasteiger partial charge in [0, 0.05) is 24.1 Å². The molecule has 0 saturated carbocycles. The summed E-state index contributed by atoms with van der Waals surface area (Å²) in [6, 6.07) is 15.1. The average Bonchev–Trinajstić information content (AvgIpc) is 2.91. The third-order valence-corrected chi connectivity index (χ3v) is 7.17. The van der Waals surface area contributed by atoms with Gasteiger partial charge in [0.1, 0.15) is 11.8 Å². The van der Waals surface area contributed by atoms with Gasteiger partial charge in [0.2, 0.25) is 0 Å². The summed E-state index contributed by atoms with van der Waals surface area (Å²) in [5, 5.41) is 10.4. The number of benzene rings is 2. The van der Waals surface area contributed by atoms with Crippen molar-refractivity contribution in [3.8, 4) is 29.1 Å². The monoisotopic (exact) mass is 476 g/mol. The Morgan fingerprint density at radius 2 is 1.69 bits per heavy atom. The molecule has 2 heterocycles. The number of fused-ring (bicyclic) bond motifs is 1. The Kier molecular flexibility index (Phi) is 8.07. The van der Waals surface area contributed by atoms with Gasteiger partial charge >= 0.3 is 0 Å².